The van der Waals surface area contributed by atoms with E-state index in [1.807, 2.05) is 33.3 Å². The number of carbonyl (C=O) groups excluding carboxylic acids is 2. The maximum absolute atomic E-state index is 13.6. The average Bonchev–Trinajstić information content (AvgIpc) is 3.41. The molecule has 0 saturated heterocycles. The number of nitrogens with one attached hydrogen (secondary N) is 1. The molecular weight excluding hydrogens is 1000 g/mol. The topological polar surface area (TPSA) is 114 Å². The largest absolute Gasteiger partial charge is 0.756 e. The van der Waals surface area contributed by atoms with E-state index >= 15 is 0 Å². The van der Waals surface area contributed by atoms with Crippen molar-refractivity contribution >= 4 is 19.7 Å². The second-order valence-electron chi connectivity index (χ2n) is 23.2. The zero-order valence-corrected chi connectivity index (χ0v) is 53.2. The summed E-state index contributed by atoms with van der Waals surface area (Å²) in [5, 5.41) is 3.03. The molecule has 0 aromatic carbocycles. The van der Waals surface area contributed by atoms with Gasteiger partial charge in [-0.3, -0.25) is 14.2 Å². The molecule has 458 valence electrons. The van der Waals surface area contributed by atoms with Gasteiger partial charge in [0.1, 0.15) is 19.3 Å². The minimum atomic E-state index is -4.71. The first-order chi connectivity index (χ1) is 38.4. The van der Waals surface area contributed by atoms with Gasteiger partial charge in [-0.1, -0.05) is 280 Å². The van der Waals surface area contributed by atoms with Crippen molar-refractivity contribution < 1.29 is 37.3 Å². The van der Waals surface area contributed by atoms with Crippen LogP contribution in [0, 0.1) is 0 Å². The van der Waals surface area contributed by atoms with Gasteiger partial charge in [0.25, 0.3) is 7.82 Å². The molecule has 0 heterocycles. The summed E-state index contributed by atoms with van der Waals surface area (Å²) in [5.74, 6) is -0.565. The van der Waals surface area contributed by atoms with Crippen LogP contribution in [0.15, 0.2) is 85.1 Å². The van der Waals surface area contributed by atoms with Crippen LogP contribution < -0.4 is 10.2 Å². The molecule has 1 amide bonds. The van der Waals surface area contributed by atoms with Gasteiger partial charge in [0.2, 0.25) is 5.91 Å². The Hall–Kier alpha value is -2.81. The standard InChI is InChI=1S/C69H125N2O7P/c1-7-10-13-16-19-22-25-27-29-31-33-34-35-36-38-40-42-44-47-50-53-56-59-62-69(73)78-67(60-57-54-51-48-45-24-21-18-15-12-9-3)66(65-77-79(74,75)76-64-63-71(4,5)6)70-68(72)61-58-55-52-49-46-43-41-39-37-32-30-28-26-23-20-17-14-11-8-2/h10,13,19,22,27,29,33-34,36,38,42,44,57,60,66-67H,7-9,11-12,14-18,20-21,23-26,28,30-32,35,37,39-41,43,45-56,58-59,61-65H2,1-6H3,(H-,70,72,74,75)/b13-10-,22-19-,29-27-,34-33-,38-36-,44-42-,60-57+. The Balaban J connectivity index is 5.19. The number of phosphoric acid groups is 1. The molecule has 3 atom stereocenters. The summed E-state index contributed by atoms with van der Waals surface area (Å²) in [7, 11) is 1.17. The minimum Gasteiger partial charge on any atom is -0.756 e. The number of allylic oxidation sites excluding steroid dienone is 13. The van der Waals surface area contributed by atoms with Crippen molar-refractivity contribution in [3.05, 3.63) is 85.1 Å². The second-order valence-corrected chi connectivity index (χ2v) is 24.7. The molecule has 0 aliphatic heterocycles. The zero-order valence-electron chi connectivity index (χ0n) is 52.3. The first-order valence-electron chi connectivity index (χ1n) is 32.9. The Morgan fingerprint density at radius 2 is 0.810 bits per heavy atom. The summed E-state index contributed by atoms with van der Waals surface area (Å²) in [6.45, 7) is 6.73. The first-order valence-corrected chi connectivity index (χ1v) is 34.4. The molecule has 3 unspecified atom stereocenters. The molecular formula is C69H125N2O7P. The van der Waals surface area contributed by atoms with Crippen LogP contribution in [0.5, 0.6) is 0 Å². The number of hydrogen-bond donors (Lipinski definition) is 1. The predicted octanol–water partition coefficient (Wildman–Crippen LogP) is 19.9. The van der Waals surface area contributed by atoms with E-state index in [0.29, 0.717) is 23.9 Å². The van der Waals surface area contributed by atoms with Gasteiger partial charge in [-0.15, -0.1) is 0 Å². The Kier molecular flexibility index (Phi) is 56.3. The predicted molar refractivity (Wildman–Crippen MR) is 339 cm³/mol. The number of esters is 1. The lowest BCUT2D eigenvalue weighted by Crippen LogP contribution is -2.47. The second kappa shape index (κ2) is 58.4. The number of ether oxygens (including phenoxy) is 1. The van der Waals surface area contributed by atoms with Gasteiger partial charge in [-0.05, 0) is 83.1 Å². The summed E-state index contributed by atoms with van der Waals surface area (Å²) in [4.78, 5) is 40.0. The molecule has 1 N–H and O–H groups in total. The highest BCUT2D eigenvalue weighted by Gasteiger charge is 2.27. The van der Waals surface area contributed by atoms with E-state index in [2.05, 4.69) is 99.0 Å². The molecule has 10 heteroatoms. The molecule has 0 rings (SSSR count). The zero-order chi connectivity index (χ0) is 57.9. The first kappa shape index (κ1) is 76.2. The summed E-state index contributed by atoms with van der Waals surface area (Å²) in [6, 6.07) is -0.901. The maximum Gasteiger partial charge on any atom is 0.306 e. The van der Waals surface area contributed by atoms with Crippen LogP contribution in [-0.2, 0) is 27.9 Å². The van der Waals surface area contributed by atoms with Crippen LogP contribution in [0.4, 0.5) is 0 Å². The summed E-state index contributed by atoms with van der Waals surface area (Å²) >= 11 is 0. The van der Waals surface area contributed by atoms with E-state index in [-0.39, 0.29) is 24.9 Å². The van der Waals surface area contributed by atoms with E-state index in [1.165, 1.54) is 148 Å². The highest BCUT2D eigenvalue weighted by Crippen LogP contribution is 2.38. The number of likely N-dealkylation sites (N-methyl/N-ethyl adjacent to an activating group) is 1. The monoisotopic (exact) mass is 1120 g/mol. The maximum atomic E-state index is 13.6. The van der Waals surface area contributed by atoms with Gasteiger partial charge < -0.3 is 28.5 Å². The quantitative estimate of drug-likeness (QED) is 0.0212. The van der Waals surface area contributed by atoms with E-state index in [0.717, 1.165) is 103 Å². The van der Waals surface area contributed by atoms with Crippen LogP contribution in [0.2, 0.25) is 0 Å². The molecule has 0 aromatic rings. The van der Waals surface area contributed by atoms with Crippen molar-refractivity contribution in [3.63, 3.8) is 0 Å². The van der Waals surface area contributed by atoms with Gasteiger partial charge in [0, 0.05) is 12.8 Å². The number of nitrogens with zero attached hydrogens (tertiary/aromatic N) is 1. The fourth-order valence-electron chi connectivity index (χ4n) is 9.29. The lowest BCUT2D eigenvalue weighted by molar-refractivity contribution is -0.870. The van der Waals surface area contributed by atoms with Crippen LogP contribution in [0.1, 0.15) is 290 Å². The smallest absolute Gasteiger partial charge is 0.306 e. The van der Waals surface area contributed by atoms with Gasteiger partial charge >= 0.3 is 5.97 Å². The van der Waals surface area contributed by atoms with Crippen LogP contribution in [0.3, 0.4) is 0 Å². The van der Waals surface area contributed by atoms with Crippen LogP contribution in [0.25, 0.3) is 0 Å². The van der Waals surface area contributed by atoms with Crippen molar-refractivity contribution in [1.29, 1.82) is 0 Å². The summed E-state index contributed by atoms with van der Waals surface area (Å²) < 4.78 is 30.3. The lowest BCUT2D eigenvalue weighted by atomic mass is 10.0. The Labute approximate surface area is 488 Å². The fourth-order valence-corrected chi connectivity index (χ4v) is 10.0. The average molecular weight is 1130 g/mol. The molecule has 0 spiro atoms. The van der Waals surface area contributed by atoms with E-state index in [9.17, 15) is 19.0 Å². The molecule has 0 bridgehead atoms. The molecule has 0 aromatic heterocycles. The lowest BCUT2D eigenvalue weighted by Gasteiger charge is -2.30. The molecule has 0 aliphatic rings. The van der Waals surface area contributed by atoms with Gasteiger partial charge in [0.05, 0.1) is 33.8 Å². The molecule has 9 nitrogen and oxygen atoms in total. The van der Waals surface area contributed by atoms with Crippen LogP contribution >= 0.6 is 7.82 Å². The van der Waals surface area contributed by atoms with Crippen molar-refractivity contribution in [2.75, 3.05) is 40.9 Å². The molecule has 0 fully saturated rings. The number of carbonyl (C=O) groups is 2. The Bertz CT molecular complexity index is 1630. The minimum absolute atomic E-state index is 0.0286. The number of hydrogen-bond acceptors (Lipinski definition) is 7. The number of unbranched alkanes of at least 4 members (excludes halogenated alkanes) is 31. The van der Waals surface area contributed by atoms with Crippen molar-refractivity contribution in [2.24, 2.45) is 0 Å². The summed E-state index contributed by atoms with van der Waals surface area (Å²) in [5.41, 5.74) is 0. The third-order valence-corrected chi connectivity index (χ3v) is 15.3. The number of amides is 1. The third-order valence-electron chi connectivity index (χ3n) is 14.3. The normalized spacial score (nSPS) is 14.2. The number of rotatable bonds is 59. The van der Waals surface area contributed by atoms with Crippen molar-refractivity contribution in [2.45, 2.75) is 303 Å². The highest BCUT2D eigenvalue weighted by atomic mass is 31.2. The summed E-state index contributed by atoms with van der Waals surface area (Å²) in [6.07, 6.45) is 77.0. The Morgan fingerprint density at radius 3 is 1.22 bits per heavy atom. The molecule has 0 aliphatic carbocycles. The fraction of sp³-hybridized carbons (Fsp3) is 0.768. The number of quaternary nitrogens is 1. The van der Waals surface area contributed by atoms with Crippen LogP contribution in [-0.4, -0.2) is 69.4 Å². The molecule has 0 radical (unpaired) electrons. The highest BCUT2D eigenvalue weighted by molar-refractivity contribution is 7.45. The third kappa shape index (κ3) is 59.6. The van der Waals surface area contributed by atoms with Crippen molar-refractivity contribution in [1.82, 2.24) is 5.32 Å². The van der Waals surface area contributed by atoms with E-state index in [1.54, 1.807) is 0 Å². The van der Waals surface area contributed by atoms with Gasteiger partial charge in [0.15, 0.2) is 0 Å². The van der Waals surface area contributed by atoms with E-state index in [4.69, 9.17) is 13.8 Å². The Morgan fingerprint density at radius 1 is 0.456 bits per heavy atom. The van der Waals surface area contributed by atoms with E-state index < -0.39 is 26.6 Å². The SMILES string of the molecule is CC/C=C\C/C=C\C/C=C\C/C=C\C/C=C\C/C=C\CCCCCCC(=O)OC(/C=C/CCCCCCCCCCC)C(COP(=O)([O-])OCC[N+](C)(C)C)NC(=O)CCCCCCCCCCCCCCCCCCCCC. The number of phosphoric ester groups is 1. The van der Waals surface area contributed by atoms with Gasteiger partial charge in [-0.25, -0.2) is 0 Å². The molecule has 0 saturated carbocycles. The van der Waals surface area contributed by atoms with Gasteiger partial charge in [-0.2, -0.15) is 0 Å². The molecule has 79 heavy (non-hydrogen) atoms. The van der Waals surface area contributed by atoms with Crippen molar-refractivity contribution in [3.8, 4) is 0 Å².